The van der Waals surface area contributed by atoms with Crippen molar-refractivity contribution in [2.24, 2.45) is 16.6 Å². The predicted molar refractivity (Wildman–Crippen MR) is 87.6 cm³/mol. The van der Waals surface area contributed by atoms with Crippen LogP contribution in [0.4, 0.5) is 5.69 Å². The lowest BCUT2D eigenvalue weighted by molar-refractivity contribution is 0.00870. The van der Waals surface area contributed by atoms with Crippen molar-refractivity contribution in [3.05, 3.63) is 30.3 Å². The lowest BCUT2D eigenvalue weighted by Crippen LogP contribution is -2.47. The molecule has 116 valence electrons. The summed E-state index contributed by atoms with van der Waals surface area (Å²) in [5, 5.41) is 3.12. The first-order valence-electron chi connectivity index (χ1n) is 7.60. The molecule has 0 aliphatic carbocycles. The molecule has 21 heavy (non-hydrogen) atoms. The summed E-state index contributed by atoms with van der Waals surface area (Å²) >= 11 is 0. The Kier molecular flexibility index (Phi) is 6.02. The van der Waals surface area contributed by atoms with E-state index in [1.165, 1.54) is 0 Å². The molecule has 5 nitrogen and oxygen atoms in total. The summed E-state index contributed by atoms with van der Waals surface area (Å²) in [5.74, 6) is 1.01. The van der Waals surface area contributed by atoms with E-state index in [0.29, 0.717) is 24.5 Å². The lowest BCUT2D eigenvalue weighted by atomic mass is 10.0. The molecule has 0 spiro atoms. The van der Waals surface area contributed by atoms with Crippen LogP contribution in [0.15, 0.2) is 35.3 Å². The number of aliphatic imine (C=N–C) groups is 1. The number of morpholine rings is 1. The molecule has 0 saturated carbocycles. The maximum Gasteiger partial charge on any atom is 0.193 e. The number of hydrogen-bond donors (Lipinski definition) is 2. The van der Waals surface area contributed by atoms with Crippen molar-refractivity contribution >= 4 is 11.6 Å². The fourth-order valence-corrected chi connectivity index (χ4v) is 2.56. The molecule has 1 atom stereocenters. The second kappa shape index (κ2) is 8.00. The Morgan fingerprint density at radius 2 is 1.95 bits per heavy atom. The second-order valence-electron chi connectivity index (χ2n) is 5.68. The van der Waals surface area contributed by atoms with Crippen LogP contribution in [0, 0.1) is 5.92 Å². The van der Waals surface area contributed by atoms with Gasteiger partial charge in [0, 0.05) is 24.8 Å². The average molecular weight is 290 g/mol. The third-order valence-electron chi connectivity index (χ3n) is 3.78. The van der Waals surface area contributed by atoms with Crippen molar-refractivity contribution in [3.63, 3.8) is 0 Å². The van der Waals surface area contributed by atoms with E-state index in [1.807, 2.05) is 30.3 Å². The number of nitrogens with two attached hydrogens (primary N) is 1. The molecule has 1 aliphatic rings. The first-order valence-corrected chi connectivity index (χ1v) is 7.60. The number of benzene rings is 1. The van der Waals surface area contributed by atoms with Crippen molar-refractivity contribution < 1.29 is 4.74 Å². The highest BCUT2D eigenvalue weighted by Crippen LogP contribution is 2.13. The minimum atomic E-state index is 0.407. The van der Waals surface area contributed by atoms with Crippen LogP contribution in [0.5, 0.6) is 0 Å². The van der Waals surface area contributed by atoms with Crippen LogP contribution in [-0.4, -0.2) is 49.7 Å². The van der Waals surface area contributed by atoms with Gasteiger partial charge in [-0.05, 0) is 18.1 Å². The monoisotopic (exact) mass is 290 g/mol. The largest absolute Gasteiger partial charge is 0.379 e. The van der Waals surface area contributed by atoms with Gasteiger partial charge in [-0.1, -0.05) is 32.0 Å². The van der Waals surface area contributed by atoms with Gasteiger partial charge in [-0.3, -0.25) is 9.89 Å². The van der Waals surface area contributed by atoms with Crippen LogP contribution in [0.1, 0.15) is 13.8 Å². The summed E-state index contributed by atoms with van der Waals surface area (Å²) < 4.78 is 5.42. The smallest absolute Gasteiger partial charge is 0.193 e. The zero-order valence-electron chi connectivity index (χ0n) is 13.0. The standard InChI is InChI=1S/C16H26N4O/c1-13(2)15(20-8-10-21-11-9-20)12-18-16(17)19-14-6-4-3-5-7-14/h3-7,13,15H,8-12H2,1-2H3,(H3,17,18,19). The van der Waals surface area contributed by atoms with Gasteiger partial charge in [0.15, 0.2) is 5.96 Å². The molecular formula is C16H26N4O. The molecule has 1 aliphatic heterocycles. The summed E-state index contributed by atoms with van der Waals surface area (Å²) in [6.45, 7) is 8.75. The quantitative estimate of drug-likeness (QED) is 0.641. The van der Waals surface area contributed by atoms with Crippen LogP contribution < -0.4 is 11.1 Å². The van der Waals surface area contributed by atoms with Gasteiger partial charge >= 0.3 is 0 Å². The third-order valence-corrected chi connectivity index (χ3v) is 3.78. The Morgan fingerprint density at radius 3 is 2.57 bits per heavy atom. The number of hydrogen-bond acceptors (Lipinski definition) is 3. The zero-order chi connectivity index (χ0) is 15.1. The normalized spacial score (nSPS) is 18.7. The predicted octanol–water partition coefficient (Wildman–Crippen LogP) is 1.77. The summed E-state index contributed by atoms with van der Waals surface area (Å²) in [4.78, 5) is 6.97. The highest BCUT2D eigenvalue weighted by molar-refractivity contribution is 5.92. The number of nitrogens with zero attached hydrogens (tertiary/aromatic N) is 2. The third kappa shape index (κ3) is 5.02. The van der Waals surface area contributed by atoms with E-state index >= 15 is 0 Å². The summed E-state index contributed by atoms with van der Waals surface area (Å²) in [6.07, 6.45) is 0. The zero-order valence-corrected chi connectivity index (χ0v) is 13.0. The summed E-state index contributed by atoms with van der Waals surface area (Å²) in [7, 11) is 0. The highest BCUT2D eigenvalue weighted by Gasteiger charge is 2.23. The van der Waals surface area contributed by atoms with Crippen LogP contribution in [0.3, 0.4) is 0 Å². The SMILES string of the molecule is CC(C)C(CN=C(N)Nc1ccccc1)N1CCOCC1. The molecule has 1 unspecified atom stereocenters. The molecule has 1 fully saturated rings. The van der Waals surface area contributed by atoms with E-state index in [4.69, 9.17) is 10.5 Å². The first kappa shape index (κ1) is 15.8. The number of nitrogens with one attached hydrogen (secondary N) is 1. The molecule has 1 aromatic rings. The van der Waals surface area contributed by atoms with E-state index in [9.17, 15) is 0 Å². The molecule has 1 saturated heterocycles. The van der Waals surface area contributed by atoms with Crippen LogP contribution in [-0.2, 0) is 4.74 Å². The van der Waals surface area contributed by atoms with Gasteiger partial charge in [0.05, 0.1) is 19.8 Å². The Labute approximate surface area is 127 Å². The second-order valence-corrected chi connectivity index (χ2v) is 5.68. The minimum absolute atomic E-state index is 0.407. The molecular weight excluding hydrogens is 264 g/mol. The molecule has 5 heteroatoms. The first-order chi connectivity index (χ1) is 10.2. The van der Waals surface area contributed by atoms with E-state index < -0.39 is 0 Å². The number of ether oxygens (including phenoxy) is 1. The van der Waals surface area contributed by atoms with Gasteiger partial charge in [0.2, 0.25) is 0 Å². The number of rotatable bonds is 5. The fourth-order valence-electron chi connectivity index (χ4n) is 2.56. The van der Waals surface area contributed by atoms with Gasteiger partial charge in [-0.2, -0.15) is 0 Å². The Hall–Kier alpha value is -1.59. The van der Waals surface area contributed by atoms with Crippen LogP contribution >= 0.6 is 0 Å². The van der Waals surface area contributed by atoms with Gasteiger partial charge in [0.25, 0.3) is 0 Å². The summed E-state index contributed by atoms with van der Waals surface area (Å²) in [5.41, 5.74) is 6.94. The van der Waals surface area contributed by atoms with Crippen LogP contribution in [0.2, 0.25) is 0 Å². The van der Waals surface area contributed by atoms with Crippen molar-refractivity contribution in [2.45, 2.75) is 19.9 Å². The van der Waals surface area contributed by atoms with Crippen molar-refractivity contribution in [3.8, 4) is 0 Å². The van der Waals surface area contributed by atoms with E-state index in [0.717, 1.165) is 32.0 Å². The molecule has 0 aromatic heterocycles. The van der Waals surface area contributed by atoms with E-state index in [2.05, 4.69) is 29.1 Å². The maximum atomic E-state index is 5.98. The molecule has 1 heterocycles. The molecule has 0 radical (unpaired) electrons. The molecule has 3 N–H and O–H groups in total. The van der Waals surface area contributed by atoms with Gasteiger partial charge in [0.1, 0.15) is 0 Å². The molecule has 2 rings (SSSR count). The average Bonchev–Trinajstić information content (AvgIpc) is 2.49. The maximum absolute atomic E-state index is 5.98. The van der Waals surface area contributed by atoms with Gasteiger partial charge in [-0.15, -0.1) is 0 Å². The van der Waals surface area contributed by atoms with Crippen molar-refractivity contribution in [1.82, 2.24) is 4.90 Å². The Balaban J connectivity index is 1.92. The van der Waals surface area contributed by atoms with E-state index in [-0.39, 0.29) is 0 Å². The number of guanidine groups is 1. The van der Waals surface area contributed by atoms with Crippen molar-refractivity contribution in [2.75, 3.05) is 38.2 Å². The fraction of sp³-hybridized carbons (Fsp3) is 0.562. The van der Waals surface area contributed by atoms with E-state index in [1.54, 1.807) is 0 Å². The van der Waals surface area contributed by atoms with Gasteiger partial charge in [-0.25, -0.2) is 0 Å². The molecule has 0 bridgehead atoms. The molecule has 1 aromatic carbocycles. The van der Waals surface area contributed by atoms with Crippen LogP contribution in [0.25, 0.3) is 0 Å². The Bertz CT molecular complexity index is 441. The van der Waals surface area contributed by atoms with Gasteiger partial charge < -0.3 is 15.8 Å². The Morgan fingerprint density at radius 1 is 1.29 bits per heavy atom. The molecule has 0 amide bonds. The lowest BCUT2D eigenvalue weighted by Gasteiger charge is -2.36. The summed E-state index contributed by atoms with van der Waals surface area (Å²) in [6, 6.07) is 10.3. The topological polar surface area (TPSA) is 62.9 Å². The number of para-hydroxylation sites is 1. The number of anilines is 1. The highest BCUT2D eigenvalue weighted by atomic mass is 16.5. The minimum Gasteiger partial charge on any atom is -0.379 e. The van der Waals surface area contributed by atoms with Crippen molar-refractivity contribution in [1.29, 1.82) is 0 Å².